The molecule has 112 valence electrons. The van der Waals surface area contributed by atoms with Crippen molar-refractivity contribution in [2.24, 2.45) is 0 Å². The normalized spacial score (nSPS) is 10.6. The first-order valence-corrected chi connectivity index (χ1v) is 7.14. The molecule has 0 atom stereocenters. The van der Waals surface area contributed by atoms with Gasteiger partial charge in [0.1, 0.15) is 12.4 Å². The van der Waals surface area contributed by atoms with Crippen LogP contribution in [0.4, 0.5) is 0 Å². The van der Waals surface area contributed by atoms with Gasteiger partial charge in [0.2, 0.25) is 0 Å². The van der Waals surface area contributed by atoms with E-state index >= 15 is 0 Å². The Balaban J connectivity index is 2.14. The van der Waals surface area contributed by atoms with Gasteiger partial charge in [0.05, 0.1) is 22.0 Å². The fourth-order valence-corrected chi connectivity index (χ4v) is 2.19. The zero-order valence-corrected chi connectivity index (χ0v) is 12.7. The highest BCUT2D eigenvalue weighted by Gasteiger charge is 2.11. The molecule has 0 unspecified atom stereocenters. The number of rotatable bonds is 6. The van der Waals surface area contributed by atoms with Crippen LogP contribution in [0.15, 0.2) is 24.3 Å². The van der Waals surface area contributed by atoms with Crippen LogP contribution in [0.25, 0.3) is 0 Å². The van der Waals surface area contributed by atoms with E-state index in [1.54, 1.807) is 6.07 Å². The van der Waals surface area contributed by atoms with E-state index in [0.29, 0.717) is 12.4 Å². The maximum absolute atomic E-state index is 11.0. The van der Waals surface area contributed by atoms with Crippen molar-refractivity contribution in [3.8, 4) is 5.75 Å². The fourth-order valence-electron chi connectivity index (χ4n) is 1.99. The Kier molecular flexibility index (Phi) is 4.85. The molecule has 2 rings (SSSR count). The van der Waals surface area contributed by atoms with Gasteiger partial charge in [0, 0.05) is 6.54 Å². The molecule has 0 aliphatic rings. The van der Waals surface area contributed by atoms with E-state index in [2.05, 4.69) is 5.10 Å². The number of hydrogen-bond acceptors (Lipinski definition) is 3. The van der Waals surface area contributed by atoms with Gasteiger partial charge in [0.15, 0.2) is 0 Å². The number of ether oxygens (including phenoxy) is 1. The lowest BCUT2D eigenvalue weighted by Gasteiger charge is -2.09. The van der Waals surface area contributed by atoms with Gasteiger partial charge in [-0.3, -0.25) is 4.68 Å². The minimum absolute atomic E-state index is 0.0346. The molecule has 0 radical (unpaired) electrons. The summed E-state index contributed by atoms with van der Waals surface area (Å²) < 4.78 is 7.54. The molecule has 0 saturated heterocycles. The standard InChI is InChI=1S/C15H17ClN2O3/c1-3-10-7-11(18(4-2)17-10)9-21-12-5-6-14(16)13(8-12)15(19)20/h5-8H,3-4,9H2,1-2H3,(H,19,20). The van der Waals surface area contributed by atoms with Crippen molar-refractivity contribution in [3.05, 3.63) is 46.2 Å². The van der Waals surface area contributed by atoms with Crippen molar-refractivity contribution in [2.45, 2.75) is 33.4 Å². The van der Waals surface area contributed by atoms with Crippen LogP contribution in [0.3, 0.4) is 0 Å². The average molecular weight is 309 g/mol. The van der Waals surface area contributed by atoms with Gasteiger partial charge in [-0.2, -0.15) is 5.10 Å². The van der Waals surface area contributed by atoms with Crippen molar-refractivity contribution in [1.82, 2.24) is 9.78 Å². The minimum atomic E-state index is -1.07. The van der Waals surface area contributed by atoms with Crippen molar-refractivity contribution in [1.29, 1.82) is 0 Å². The van der Waals surface area contributed by atoms with Gasteiger partial charge in [-0.15, -0.1) is 0 Å². The predicted molar refractivity (Wildman–Crippen MR) is 80.0 cm³/mol. The van der Waals surface area contributed by atoms with Gasteiger partial charge in [-0.05, 0) is 37.6 Å². The molecule has 0 bridgehead atoms. The summed E-state index contributed by atoms with van der Waals surface area (Å²) in [6, 6.07) is 6.60. The molecular weight excluding hydrogens is 292 g/mol. The molecule has 0 aliphatic carbocycles. The average Bonchev–Trinajstić information content (AvgIpc) is 2.88. The number of carboxylic acids is 1. The molecule has 2 aromatic rings. The summed E-state index contributed by atoms with van der Waals surface area (Å²) in [5.41, 5.74) is 2.01. The first kappa shape index (κ1) is 15.4. The molecule has 1 aromatic heterocycles. The largest absolute Gasteiger partial charge is 0.487 e. The Morgan fingerprint density at radius 1 is 1.38 bits per heavy atom. The van der Waals surface area contributed by atoms with Crippen molar-refractivity contribution in [3.63, 3.8) is 0 Å². The van der Waals surface area contributed by atoms with Crippen molar-refractivity contribution >= 4 is 17.6 Å². The highest BCUT2D eigenvalue weighted by Crippen LogP contribution is 2.23. The van der Waals surface area contributed by atoms with Gasteiger partial charge in [-0.1, -0.05) is 18.5 Å². The van der Waals surface area contributed by atoms with Crippen LogP contribution in [0, 0.1) is 0 Å². The zero-order chi connectivity index (χ0) is 15.4. The van der Waals surface area contributed by atoms with Crippen LogP contribution in [0.2, 0.25) is 5.02 Å². The highest BCUT2D eigenvalue weighted by atomic mass is 35.5. The van der Waals surface area contributed by atoms with E-state index in [9.17, 15) is 4.79 Å². The van der Waals surface area contributed by atoms with Crippen molar-refractivity contribution < 1.29 is 14.6 Å². The second-order valence-electron chi connectivity index (χ2n) is 4.53. The summed E-state index contributed by atoms with van der Waals surface area (Å²) in [6.07, 6.45) is 0.865. The summed E-state index contributed by atoms with van der Waals surface area (Å²) in [5, 5.41) is 13.7. The summed E-state index contributed by atoms with van der Waals surface area (Å²) in [5.74, 6) is -0.601. The Hall–Kier alpha value is -2.01. The molecule has 21 heavy (non-hydrogen) atoms. The summed E-state index contributed by atoms with van der Waals surface area (Å²) in [7, 11) is 0. The molecule has 0 amide bonds. The highest BCUT2D eigenvalue weighted by molar-refractivity contribution is 6.33. The topological polar surface area (TPSA) is 64.3 Å². The molecule has 1 aromatic carbocycles. The van der Waals surface area contributed by atoms with E-state index in [1.807, 2.05) is 24.6 Å². The number of benzene rings is 1. The third-order valence-corrected chi connectivity index (χ3v) is 3.46. The van der Waals surface area contributed by atoms with Crippen LogP contribution < -0.4 is 4.74 Å². The first-order chi connectivity index (χ1) is 10.0. The maximum Gasteiger partial charge on any atom is 0.337 e. The lowest BCUT2D eigenvalue weighted by atomic mass is 10.2. The Labute approximate surface area is 128 Å². The molecule has 0 saturated carbocycles. The van der Waals surface area contributed by atoms with Crippen LogP contribution in [-0.2, 0) is 19.6 Å². The van der Waals surface area contributed by atoms with E-state index in [4.69, 9.17) is 21.4 Å². The van der Waals surface area contributed by atoms with Crippen LogP contribution in [-0.4, -0.2) is 20.9 Å². The molecule has 6 heteroatoms. The molecule has 1 heterocycles. The number of halogens is 1. The van der Waals surface area contributed by atoms with Gasteiger partial charge in [0.25, 0.3) is 0 Å². The molecule has 1 N–H and O–H groups in total. The van der Waals surface area contributed by atoms with E-state index in [1.165, 1.54) is 12.1 Å². The zero-order valence-electron chi connectivity index (χ0n) is 12.0. The Morgan fingerprint density at radius 2 is 2.14 bits per heavy atom. The smallest absolute Gasteiger partial charge is 0.337 e. The predicted octanol–water partition coefficient (Wildman–Crippen LogP) is 3.40. The van der Waals surface area contributed by atoms with Crippen LogP contribution in [0.1, 0.15) is 35.6 Å². The lowest BCUT2D eigenvalue weighted by Crippen LogP contribution is -2.06. The first-order valence-electron chi connectivity index (χ1n) is 6.76. The Bertz CT molecular complexity index is 652. The molecule has 0 fully saturated rings. The van der Waals surface area contributed by atoms with E-state index in [-0.39, 0.29) is 10.6 Å². The van der Waals surface area contributed by atoms with E-state index in [0.717, 1.165) is 24.4 Å². The van der Waals surface area contributed by atoms with Gasteiger partial charge >= 0.3 is 5.97 Å². The van der Waals surface area contributed by atoms with Gasteiger partial charge in [-0.25, -0.2) is 4.79 Å². The number of carbonyl (C=O) groups is 1. The lowest BCUT2D eigenvalue weighted by molar-refractivity contribution is 0.0696. The number of aryl methyl sites for hydroxylation is 2. The molecule has 5 nitrogen and oxygen atoms in total. The monoisotopic (exact) mass is 308 g/mol. The van der Waals surface area contributed by atoms with Crippen LogP contribution >= 0.6 is 11.6 Å². The summed E-state index contributed by atoms with van der Waals surface area (Å²) in [6.45, 7) is 5.16. The quantitative estimate of drug-likeness (QED) is 0.888. The van der Waals surface area contributed by atoms with Gasteiger partial charge < -0.3 is 9.84 Å². The number of aromatic carboxylic acids is 1. The van der Waals surface area contributed by atoms with Crippen molar-refractivity contribution in [2.75, 3.05) is 0 Å². The number of carboxylic acid groups (broad SMARTS) is 1. The molecule has 0 spiro atoms. The minimum Gasteiger partial charge on any atom is -0.487 e. The molecular formula is C15H17ClN2O3. The second-order valence-corrected chi connectivity index (χ2v) is 4.94. The van der Waals surface area contributed by atoms with E-state index < -0.39 is 5.97 Å². The SMILES string of the molecule is CCc1cc(COc2ccc(Cl)c(C(=O)O)c2)n(CC)n1. The number of hydrogen-bond donors (Lipinski definition) is 1. The number of nitrogens with zero attached hydrogens (tertiary/aromatic N) is 2. The second kappa shape index (κ2) is 6.63. The summed E-state index contributed by atoms with van der Waals surface area (Å²) >= 11 is 5.83. The third kappa shape index (κ3) is 3.55. The third-order valence-electron chi connectivity index (χ3n) is 3.13. The summed E-state index contributed by atoms with van der Waals surface area (Å²) in [4.78, 5) is 11.0. The molecule has 0 aliphatic heterocycles. The fraction of sp³-hybridized carbons (Fsp3) is 0.333. The van der Waals surface area contributed by atoms with Crippen LogP contribution in [0.5, 0.6) is 5.75 Å². The maximum atomic E-state index is 11.0. The Morgan fingerprint density at radius 3 is 2.76 bits per heavy atom. The number of aromatic nitrogens is 2.